The minimum Gasteiger partial charge on any atom is -0.447 e. The van der Waals surface area contributed by atoms with Crippen LogP contribution >= 0.6 is 0 Å². The maximum Gasteiger partial charge on any atom is 0.414 e. The molecule has 0 saturated carbocycles. The average Bonchev–Trinajstić information content (AvgIpc) is 2.76. The van der Waals surface area contributed by atoms with Crippen molar-refractivity contribution >= 4 is 23.4 Å². The van der Waals surface area contributed by atoms with Crippen molar-refractivity contribution in [2.75, 3.05) is 37.0 Å². The predicted molar refractivity (Wildman–Crippen MR) is 67.7 cm³/mol. The summed E-state index contributed by atoms with van der Waals surface area (Å²) in [4.78, 5) is 24.4. The summed E-state index contributed by atoms with van der Waals surface area (Å²) >= 11 is 0. The standard InChI is InChI=1S/C12H15N3O3/c1-13-8-11(16)14-9-3-2-4-10(7-9)15-5-6-18-12(15)17/h2-4,7,13H,5-6,8H2,1H3,(H,14,16). The lowest BCUT2D eigenvalue weighted by Crippen LogP contribution is -2.26. The van der Waals surface area contributed by atoms with E-state index in [0.717, 1.165) is 5.69 Å². The molecule has 1 aromatic rings. The van der Waals surface area contributed by atoms with Crippen LogP contribution in [0.1, 0.15) is 0 Å². The van der Waals surface area contributed by atoms with E-state index in [4.69, 9.17) is 4.74 Å². The molecule has 0 atom stereocenters. The Kier molecular flexibility index (Phi) is 3.78. The summed E-state index contributed by atoms with van der Waals surface area (Å²) in [5.41, 5.74) is 1.38. The monoisotopic (exact) mass is 249 g/mol. The van der Waals surface area contributed by atoms with Gasteiger partial charge in [0, 0.05) is 11.4 Å². The molecule has 6 nitrogen and oxygen atoms in total. The van der Waals surface area contributed by atoms with Gasteiger partial charge in [-0.25, -0.2) is 4.79 Å². The zero-order chi connectivity index (χ0) is 13.0. The van der Waals surface area contributed by atoms with Crippen molar-refractivity contribution < 1.29 is 14.3 Å². The van der Waals surface area contributed by atoms with E-state index in [-0.39, 0.29) is 18.5 Å². The number of carbonyl (C=O) groups is 2. The summed E-state index contributed by atoms with van der Waals surface area (Å²) in [6, 6.07) is 7.12. The number of anilines is 2. The van der Waals surface area contributed by atoms with Gasteiger partial charge in [-0.05, 0) is 25.2 Å². The molecular formula is C12H15N3O3. The van der Waals surface area contributed by atoms with Gasteiger partial charge in [0.15, 0.2) is 0 Å². The lowest BCUT2D eigenvalue weighted by Gasteiger charge is -2.14. The number of hydrogen-bond acceptors (Lipinski definition) is 4. The molecule has 2 N–H and O–H groups in total. The predicted octanol–water partition coefficient (Wildman–Crippen LogP) is 0.801. The maximum absolute atomic E-state index is 11.4. The second kappa shape index (κ2) is 5.50. The molecule has 1 aliphatic rings. The second-order valence-corrected chi connectivity index (χ2v) is 3.89. The van der Waals surface area contributed by atoms with E-state index in [1.807, 2.05) is 0 Å². The highest BCUT2D eigenvalue weighted by Crippen LogP contribution is 2.22. The van der Waals surface area contributed by atoms with Gasteiger partial charge in [0.1, 0.15) is 6.61 Å². The first-order valence-electron chi connectivity index (χ1n) is 5.69. The molecule has 96 valence electrons. The Bertz CT molecular complexity index is 462. The van der Waals surface area contributed by atoms with E-state index in [0.29, 0.717) is 18.8 Å². The summed E-state index contributed by atoms with van der Waals surface area (Å²) < 4.78 is 4.87. The molecule has 1 saturated heterocycles. The van der Waals surface area contributed by atoms with Crippen molar-refractivity contribution in [2.45, 2.75) is 0 Å². The number of benzene rings is 1. The normalized spacial score (nSPS) is 14.5. The topological polar surface area (TPSA) is 70.7 Å². The molecule has 1 aromatic carbocycles. The summed E-state index contributed by atoms with van der Waals surface area (Å²) in [6.07, 6.45) is -0.353. The number of likely N-dealkylation sites (N-methyl/N-ethyl adjacent to an activating group) is 1. The SMILES string of the molecule is CNCC(=O)Nc1cccc(N2CCOC2=O)c1. The molecular weight excluding hydrogens is 234 g/mol. The third-order valence-electron chi connectivity index (χ3n) is 2.54. The van der Waals surface area contributed by atoms with Crippen LogP contribution in [-0.4, -0.2) is 38.7 Å². The highest BCUT2D eigenvalue weighted by molar-refractivity contribution is 5.94. The molecule has 6 heteroatoms. The minimum absolute atomic E-state index is 0.126. The zero-order valence-electron chi connectivity index (χ0n) is 10.1. The van der Waals surface area contributed by atoms with Gasteiger partial charge in [-0.3, -0.25) is 9.69 Å². The van der Waals surface area contributed by atoms with Gasteiger partial charge in [-0.15, -0.1) is 0 Å². The highest BCUT2D eigenvalue weighted by atomic mass is 16.6. The third-order valence-corrected chi connectivity index (χ3v) is 2.54. The van der Waals surface area contributed by atoms with Crippen LogP contribution in [0.15, 0.2) is 24.3 Å². The molecule has 0 aromatic heterocycles. The Balaban J connectivity index is 2.10. The van der Waals surface area contributed by atoms with Crippen LogP contribution in [0, 0.1) is 0 Å². The van der Waals surface area contributed by atoms with Crippen LogP contribution in [0.2, 0.25) is 0 Å². The third kappa shape index (κ3) is 2.78. The van der Waals surface area contributed by atoms with Crippen LogP contribution in [0.25, 0.3) is 0 Å². The van der Waals surface area contributed by atoms with Crippen molar-refractivity contribution in [3.63, 3.8) is 0 Å². The Morgan fingerprint density at radius 2 is 2.33 bits per heavy atom. The minimum atomic E-state index is -0.353. The molecule has 0 spiro atoms. The van der Waals surface area contributed by atoms with Crippen LogP contribution in [0.3, 0.4) is 0 Å². The maximum atomic E-state index is 11.4. The van der Waals surface area contributed by atoms with Gasteiger partial charge >= 0.3 is 6.09 Å². The van der Waals surface area contributed by atoms with E-state index in [1.54, 1.807) is 31.3 Å². The quantitative estimate of drug-likeness (QED) is 0.828. The molecule has 0 aliphatic carbocycles. The lowest BCUT2D eigenvalue weighted by molar-refractivity contribution is -0.115. The molecule has 1 fully saturated rings. The smallest absolute Gasteiger partial charge is 0.414 e. The van der Waals surface area contributed by atoms with E-state index < -0.39 is 0 Å². The highest BCUT2D eigenvalue weighted by Gasteiger charge is 2.23. The largest absolute Gasteiger partial charge is 0.447 e. The van der Waals surface area contributed by atoms with E-state index >= 15 is 0 Å². The van der Waals surface area contributed by atoms with E-state index in [9.17, 15) is 9.59 Å². The fraction of sp³-hybridized carbons (Fsp3) is 0.333. The number of nitrogens with zero attached hydrogens (tertiary/aromatic N) is 1. The zero-order valence-corrected chi connectivity index (χ0v) is 10.1. The molecule has 0 unspecified atom stereocenters. The molecule has 2 amide bonds. The summed E-state index contributed by atoms with van der Waals surface area (Å²) in [6.45, 7) is 1.18. The number of hydrogen-bond donors (Lipinski definition) is 2. The number of amides is 2. The Hall–Kier alpha value is -2.08. The first-order chi connectivity index (χ1) is 8.70. The van der Waals surface area contributed by atoms with E-state index in [1.165, 1.54) is 4.90 Å². The van der Waals surface area contributed by atoms with Gasteiger partial charge < -0.3 is 15.4 Å². The number of ether oxygens (including phenoxy) is 1. The number of nitrogens with one attached hydrogen (secondary N) is 2. The average molecular weight is 249 g/mol. The number of carbonyl (C=O) groups excluding carboxylic acids is 2. The van der Waals surface area contributed by atoms with Crippen molar-refractivity contribution in [2.24, 2.45) is 0 Å². The number of rotatable bonds is 4. The Morgan fingerprint density at radius 1 is 1.50 bits per heavy atom. The Morgan fingerprint density at radius 3 is 3.00 bits per heavy atom. The summed E-state index contributed by atoms with van der Waals surface area (Å²) in [5.74, 6) is -0.126. The second-order valence-electron chi connectivity index (χ2n) is 3.89. The first kappa shape index (κ1) is 12.4. The fourth-order valence-corrected chi connectivity index (χ4v) is 1.75. The van der Waals surface area contributed by atoms with Gasteiger partial charge in [0.25, 0.3) is 0 Å². The lowest BCUT2D eigenvalue weighted by atomic mass is 10.2. The fourth-order valence-electron chi connectivity index (χ4n) is 1.75. The van der Waals surface area contributed by atoms with Crippen LogP contribution < -0.4 is 15.5 Å². The van der Waals surface area contributed by atoms with Crippen LogP contribution in [-0.2, 0) is 9.53 Å². The van der Waals surface area contributed by atoms with Crippen LogP contribution in [0.5, 0.6) is 0 Å². The molecule has 0 radical (unpaired) electrons. The molecule has 2 rings (SSSR count). The first-order valence-corrected chi connectivity index (χ1v) is 5.69. The number of cyclic esters (lactones) is 1. The Labute approximate surface area is 105 Å². The van der Waals surface area contributed by atoms with Crippen molar-refractivity contribution in [3.8, 4) is 0 Å². The van der Waals surface area contributed by atoms with E-state index in [2.05, 4.69) is 10.6 Å². The van der Waals surface area contributed by atoms with Crippen LogP contribution in [0.4, 0.5) is 16.2 Å². The van der Waals surface area contributed by atoms with Gasteiger partial charge in [0.2, 0.25) is 5.91 Å². The van der Waals surface area contributed by atoms with Crippen molar-refractivity contribution in [1.29, 1.82) is 0 Å². The molecule has 18 heavy (non-hydrogen) atoms. The summed E-state index contributed by atoms with van der Waals surface area (Å²) in [5, 5.41) is 5.51. The van der Waals surface area contributed by atoms with Gasteiger partial charge in [0.05, 0.1) is 13.1 Å². The molecule has 1 heterocycles. The summed E-state index contributed by atoms with van der Waals surface area (Å²) in [7, 11) is 1.70. The molecule has 1 aliphatic heterocycles. The van der Waals surface area contributed by atoms with Crippen molar-refractivity contribution in [1.82, 2.24) is 5.32 Å². The van der Waals surface area contributed by atoms with Gasteiger partial charge in [-0.1, -0.05) is 6.07 Å². The van der Waals surface area contributed by atoms with Gasteiger partial charge in [-0.2, -0.15) is 0 Å². The van der Waals surface area contributed by atoms with Crippen molar-refractivity contribution in [3.05, 3.63) is 24.3 Å². The molecule has 0 bridgehead atoms.